The van der Waals surface area contributed by atoms with Crippen LogP contribution in [0.3, 0.4) is 0 Å². The molecule has 4 nitrogen and oxygen atoms in total. The smallest absolute Gasteiger partial charge is 0.142 e. The molecule has 5 heteroatoms. The number of ether oxygens (including phenoxy) is 1. The van der Waals surface area contributed by atoms with Gasteiger partial charge in [0.15, 0.2) is 0 Å². The second kappa shape index (κ2) is 5.73. The third kappa shape index (κ3) is 2.92. The maximum Gasteiger partial charge on any atom is 0.142 e. The first-order valence-electron chi connectivity index (χ1n) is 5.79. The number of methoxy groups -OCH3 is 1. The van der Waals surface area contributed by atoms with Gasteiger partial charge in [-0.25, -0.2) is 0 Å². The quantitative estimate of drug-likeness (QED) is 0.870. The molecule has 1 aromatic carbocycles. The first-order valence-corrected chi connectivity index (χ1v) is 6.56. The average Bonchev–Trinajstić information content (AvgIpc) is 2.71. The van der Waals surface area contributed by atoms with Crippen molar-refractivity contribution in [1.82, 2.24) is 4.37 Å². The molecule has 3 N–H and O–H groups in total. The van der Waals surface area contributed by atoms with Gasteiger partial charge in [0.25, 0.3) is 0 Å². The summed E-state index contributed by atoms with van der Waals surface area (Å²) in [6.07, 6.45) is 0.960. The summed E-state index contributed by atoms with van der Waals surface area (Å²) in [5.41, 5.74) is 8.01. The van der Waals surface area contributed by atoms with Crippen LogP contribution in [0.1, 0.15) is 11.1 Å². The maximum absolute atomic E-state index is 5.70. The summed E-state index contributed by atoms with van der Waals surface area (Å²) in [7, 11) is 1.67. The number of hydrogen-bond donors (Lipinski definition) is 2. The number of nitrogens with two attached hydrogens (primary N) is 1. The largest absolute Gasteiger partial charge is 0.497 e. The predicted molar refractivity (Wildman–Crippen MR) is 76.5 cm³/mol. The highest BCUT2D eigenvalue weighted by atomic mass is 32.1. The molecule has 0 aliphatic rings. The van der Waals surface area contributed by atoms with Crippen LogP contribution in [0.4, 0.5) is 10.8 Å². The van der Waals surface area contributed by atoms with E-state index in [1.807, 2.05) is 19.1 Å². The van der Waals surface area contributed by atoms with E-state index in [-0.39, 0.29) is 0 Å². The molecule has 0 amide bonds. The van der Waals surface area contributed by atoms with Crippen LogP contribution in [0.25, 0.3) is 0 Å². The number of hydrogen-bond acceptors (Lipinski definition) is 5. The SMILES string of the molecule is COc1ccc(CCNc2snc(N)c2C)cc1. The number of aromatic nitrogens is 1. The van der Waals surface area contributed by atoms with Crippen LogP contribution in [-0.4, -0.2) is 18.0 Å². The fraction of sp³-hybridized carbons (Fsp3) is 0.308. The highest BCUT2D eigenvalue weighted by molar-refractivity contribution is 7.10. The van der Waals surface area contributed by atoms with E-state index < -0.39 is 0 Å². The van der Waals surface area contributed by atoms with E-state index in [1.165, 1.54) is 17.1 Å². The molecule has 96 valence electrons. The van der Waals surface area contributed by atoms with Crippen molar-refractivity contribution in [2.75, 3.05) is 24.7 Å². The number of nitrogens with one attached hydrogen (secondary N) is 1. The van der Waals surface area contributed by atoms with Gasteiger partial charge in [-0.1, -0.05) is 12.1 Å². The van der Waals surface area contributed by atoms with Gasteiger partial charge in [-0.05, 0) is 42.6 Å². The molecule has 0 aliphatic heterocycles. The zero-order valence-electron chi connectivity index (χ0n) is 10.6. The van der Waals surface area contributed by atoms with Crippen molar-refractivity contribution < 1.29 is 4.74 Å². The first kappa shape index (κ1) is 12.7. The fourth-order valence-corrected chi connectivity index (χ4v) is 2.36. The predicted octanol–water partition coefficient (Wildman–Crippen LogP) is 2.70. The molecule has 2 rings (SSSR count). The summed E-state index contributed by atoms with van der Waals surface area (Å²) in [5, 5.41) is 4.41. The molecule has 0 saturated heterocycles. The van der Waals surface area contributed by atoms with E-state index >= 15 is 0 Å². The number of rotatable bonds is 5. The highest BCUT2D eigenvalue weighted by Gasteiger charge is 2.05. The molecular weight excluding hydrogens is 246 g/mol. The van der Waals surface area contributed by atoms with Gasteiger partial charge in [0.2, 0.25) is 0 Å². The molecular formula is C13H17N3OS. The Morgan fingerprint density at radius 1 is 1.33 bits per heavy atom. The summed E-state index contributed by atoms with van der Waals surface area (Å²) in [4.78, 5) is 0. The number of nitrogen functional groups attached to an aromatic ring is 1. The molecule has 0 radical (unpaired) electrons. The Hall–Kier alpha value is -1.75. The normalized spacial score (nSPS) is 10.3. The standard InChI is InChI=1S/C13H17N3OS/c1-9-12(14)16-18-13(9)15-8-7-10-3-5-11(17-2)6-4-10/h3-6,15H,7-8H2,1-2H3,(H2,14,16). The van der Waals surface area contributed by atoms with Gasteiger partial charge in [-0.3, -0.25) is 0 Å². The van der Waals surface area contributed by atoms with E-state index in [9.17, 15) is 0 Å². The maximum atomic E-state index is 5.70. The lowest BCUT2D eigenvalue weighted by Gasteiger charge is -2.05. The van der Waals surface area contributed by atoms with Crippen LogP contribution in [0, 0.1) is 6.92 Å². The van der Waals surface area contributed by atoms with Crippen molar-refractivity contribution in [3.05, 3.63) is 35.4 Å². The Kier molecular flexibility index (Phi) is 4.04. The molecule has 0 bridgehead atoms. The number of anilines is 2. The Balaban J connectivity index is 1.86. The van der Waals surface area contributed by atoms with Crippen LogP contribution in [0.5, 0.6) is 5.75 Å². The first-order chi connectivity index (χ1) is 8.70. The van der Waals surface area contributed by atoms with Crippen molar-refractivity contribution >= 4 is 22.4 Å². The molecule has 18 heavy (non-hydrogen) atoms. The zero-order chi connectivity index (χ0) is 13.0. The van der Waals surface area contributed by atoms with Crippen molar-refractivity contribution in [3.8, 4) is 5.75 Å². The lowest BCUT2D eigenvalue weighted by Crippen LogP contribution is -2.04. The van der Waals surface area contributed by atoms with Gasteiger partial charge >= 0.3 is 0 Å². The van der Waals surface area contributed by atoms with Crippen LogP contribution in [0.15, 0.2) is 24.3 Å². The van der Waals surface area contributed by atoms with E-state index in [4.69, 9.17) is 10.5 Å². The van der Waals surface area contributed by atoms with Crippen molar-refractivity contribution in [1.29, 1.82) is 0 Å². The summed E-state index contributed by atoms with van der Waals surface area (Å²) < 4.78 is 9.23. The minimum absolute atomic E-state index is 0.618. The van der Waals surface area contributed by atoms with Crippen molar-refractivity contribution in [2.24, 2.45) is 0 Å². The van der Waals surface area contributed by atoms with Gasteiger partial charge in [0.05, 0.1) is 7.11 Å². The minimum Gasteiger partial charge on any atom is -0.497 e. The minimum atomic E-state index is 0.618. The second-order valence-electron chi connectivity index (χ2n) is 4.05. The van der Waals surface area contributed by atoms with Crippen LogP contribution in [-0.2, 0) is 6.42 Å². The molecule has 1 aromatic heterocycles. The molecule has 0 spiro atoms. The fourth-order valence-electron chi connectivity index (χ4n) is 1.63. The number of nitrogens with zero attached hydrogens (tertiary/aromatic N) is 1. The van der Waals surface area contributed by atoms with Crippen LogP contribution >= 0.6 is 11.5 Å². The van der Waals surface area contributed by atoms with E-state index in [0.29, 0.717) is 5.82 Å². The van der Waals surface area contributed by atoms with E-state index in [0.717, 1.165) is 29.3 Å². The Morgan fingerprint density at radius 3 is 2.61 bits per heavy atom. The van der Waals surface area contributed by atoms with Crippen molar-refractivity contribution in [2.45, 2.75) is 13.3 Å². The molecule has 0 fully saturated rings. The molecule has 1 heterocycles. The summed E-state index contributed by atoms with van der Waals surface area (Å²) >= 11 is 1.41. The summed E-state index contributed by atoms with van der Waals surface area (Å²) in [6.45, 7) is 2.85. The third-order valence-corrected chi connectivity index (χ3v) is 3.74. The van der Waals surface area contributed by atoms with Gasteiger partial charge in [0.1, 0.15) is 16.6 Å². The summed E-state index contributed by atoms with van der Waals surface area (Å²) in [5.74, 6) is 1.50. The topological polar surface area (TPSA) is 60.2 Å². The number of benzene rings is 1. The molecule has 0 aliphatic carbocycles. The molecule has 0 saturated carbocycles. The van der Waals surface area contributed by atoms with E-state index in [2.05, 4.69) is 21.8 Å². The van der Waals surface area contributed by atoms with Gasteiger partial charge in [-0.2, -0.15) is 4.37 Å². The van der Waals surface area contributed by atoms with Crippen LogP contribution in [0.2, 0.25) is 0 Å². The zero-order valence-corrected chi connectivity index (χ0v) is 11.4. The lowest BCUT2D eigenvalue weighted by atomic mass is 10.1. The molecule has 0 unspecified atom stereocenters. The Bertz CT molecular complexity index is 507. The summed E-state index contributed by atoms with van der Waals surface area (Å²) in [6, 6.07) is 8.11. The Morgan fingerprint density at radius 2 is 2.06 bits per heavy atom. The monoisotopic (exact) mass is 263 g/mol. The third-order valence-electron chi connectivity index (χ3n) is 2.82. The van der Waals surface area contributed by atoms with Gasteiger partial charge < -0.3 is 15.8 Å². The molecule has 0 atom stereocenters. The van der Waals surface area contributed by atoms with E-state index in [1.54, 1.807) is 7.11 Å². The second-order valence-corrected chi connectivity index (χ2v) is 4.82. The van der Waals surface area contributed by atoms with Crippen molar-refractivity contribution in [3.63, 3.8) is 0 Å². The average molecular weight is 263 g/mol. The lowest BCUT2D eigenvalue weighted by molar-refractivity contribution is 0.414. The van der Waals surface area contributed by atoms with Gasteiger partial charge in [0, 0.05) is 12.1 Å². The van der Waals surface area contributed by atoms with Crippen LogP contribution < -0.4 is 15.8 Å². The van der Waals surface area contributed by atoms with Gasteiger partial charge in [-0.15, -0.1) is 0 Å². The molecule has 2 aromatic rings. The highest BCUT2D eigenvalue weighted by Crippen LogP contribution is 2.25. The Labute approximate surface area is 111 Å².